The smallest absolute Gasteiger partial charge is 0.229 e. The van der Waals surface area contributed by atoms with Gasteiger partial charge in [0, 0.05) is 47.2 Å². The number of pyridine rings is 1. The highest BCUT2D eigenvalue weighted by molar-refractivity contribution is 6.31. The molecule has 5 nitrogen and oxygen atoms in total. The second kappa shape index (κ2) is 5.99. The van der Waals surface area contributed by atoms with Gasteiger partial charge in [-0.1, -0.05) is 16.8 Å². The van der Waals surface area contributed by atoms with E-state index in [2.05, 4.69) is 32.2 Å². The van der Waals surface area contributed by atoms with E-state index in [0.717, 1.165) is 53.6 Å². The van der Waals surface area contributed by atoms with E-state index in [9.17, 15) is 0 Å². The van der Waals surface area contributed by atoms with Gasteiger partial charge in [-0.05, 0) is 49.9 Å². The lowest BCUT2D eigenvalue weighted by molar-refractivity contribution is 0.365. The van der Waals surface area contributed by atoms with Gasteiger partial charge in [0.1, 0.15) is 0 Å². The summed E-state index contributed by atoms with van der Waals surface area (Å²) in [6.07, 6.45) is 6.34. The highest BCUT2D eigenvalue weighted by Crippen LogP contribution is 2.40. The van der Waals surface area contributed by atoms with Gasteiger partial charge in [-0.15, -0.1) is 0 Å². The predicted molar refractivity (Wildman–Crippen MR) is 97.2 cm³/mol. The molecule has 1 aliphatic heterocycles. The van der Waals surface area contributed by atoms with Crippen molar-refractivity contribution in [3.63, 3.8) is 0 Å². The van der Waals surface area contributed by atoms with E-state index in [1.807, 2.05) is 18.3 Å². The molecule has 1 aliphatic carbocycles. The van der Waals surface area contributed by atoms with Crippen LogP contribution in [-0.4, -0.2) is 28.2 Å². The van der Waals surface area contributed by atoms with Crippen LogP contribution in [0.15, 0.2) is 35.0 Å². The Morgan fingerprint density at radius 2 is 1.88 bits per heavy atom. The maximum absolute atomic E-state index is 6.10. The third-order valence-electron chi connectivity index (χ3n) is 5.27. The fourth-order valence-corrected chi connectivity index (χ4v) is 3.84. The Kier molecular flexibility index (Phi) is 3.63. The number of fused-ring (bicyclic) bond motifs is 1. The summed E-state index contributed by atoms with van der Waals surface area (Å²) in [5.41, 5.74) is 2.17. The van der Waals surface area contributed by atoms with Gasteiger partial charge in [-0.3, -0.25) is 4.98 Å². The summed E-state index contributed by atoms with van der Waals surface area (Å²) in [6, 6.07) is 8.01. The van der Waals surface area contributed by atoms with Gasteiger partial charge in [0.05, 0.1) is 5.52 Å². The van der Waals surface area contributed by atoms with E-state index in [1.165, 1.54) is 18.5 Å². The number of hydrogen-bond acceptors (Lipinski definition) is 5. The molecule has 25 heavy (non-hydrogen) atoms. The van der Waals surface area contributed by atoms with Crippen LogP contribution in [0.25, 0.3) is 10.9 Å². The van der Waals surface area contributed by atoms with Gasteiger partial charge in [-0.25, -0.2) is 0 Å². The van der Waals surface area contributed by atoms with Gasteiger partial charge in [0.15, 0.2) is 5.82 Å². The highest BCUT2D eigenvalue weighted by Gasteiger charge is 2.32. The highest BCUT2D eigenvalue weighted by atomic mass is 35.5. The fraction of sp³-hybridized carbons (Fsp3) is 0.421. The Balaban J connectivity index is 1.34. The zero-order valence-electron chi connectivity index (χ0n) is 13.9. The normalized spacial score (nSPS) is 18.8. The first-order valence-corrected chi connectivity index (χ1v) is 9.28. The van der Waals surface area contributed by atoms with Gasteiger partial charge in [0.25, 0.3) is 0 Å². The fourth-order valence-electron chi connectivity index (χ4n) is 3.67. The summed E-state index contributed by atoms with van der Waals surface area (Å²) in [6.45, 7) is 1.97. The van der Waals surface area contributed by atoms with Crippen molar-refractivity contribution in [2.45, 2.75) is 37.5 Å². The molecule has 0 bridgehead atoms. The van der Waals surface area contributed by atoms with Crippen molar-refractivity contribution in [3.05, 3.63) is 47.2 Å². The minimum Gasteiger partial charge on any atom is -0.371 e. The van der Waals surface area contributed by atoms with Crippen molar-refractivity contribution in [3.8, 4) is 0 Å². The number of piperidine rings is 1. The molecule has 3 heterocycles. The molecule has 2 fully saturated rings. The first-order valence-electron chi connectivity index (χ1n) is 8.90. The van der Waals surface area contributed by atoms with E-state index in [-0.39, 0.29) is 0 Å². The number of halogens is 1. The van der Waals surface area contributed by atoms with Crippen molar-refractivity contribution >= 4 is 28.2 Å². The van der Waals surface area contributed by atoms with Crippen LogP contribution in [0.3, 0.4) is 0 Å². The molecule has 1 saturated carbocycles. The number of nitrogens with zero attached hydrogens (tertiary/aromatic N) is 4. The lowest BCUT2D eigenvalue weighted by Gasteiger charge is -2.33. The SMILES string of the molecule is Clc1ccc2c(N3CCC(c4noc(C5CC5)n4)CC3)ccnc2c1. The van der Waals surface area contributed by atoms with Crippen LogP contribution >= 0.6 is 11.6 Å². The van der Waals surface area contributed by atoms with Gasteiger partial charge >= 0.3 is 0 Å². The van der Waals surface area contributed by atoms with Crippen molar-refractivity contribution in [2.75, 3.05) is 18.0 Å². The number of anilines is 1. The molecular weight excluding hydrogens is 336 g/mol. The number of benzene rings is 1. The molecule has 0 unspecified atom stereocenters. The summed E-state index contributed by atoms with van der Waals surface area (Å²) >= 11 is 6.10. The molecule has 0 spiro atoms. The lowest BCUT2D eigenvalue weighted by atomic mass is 9.95. The van der Waals surface area contributed by atoms with Crippen molar-refractivity contribution < 1.29 is 4.52 Å². The van der Waals surface area contributed by atoms with Gasteiger partial charge in [0.2, 0.25) is 5.89 Å². The standard InChI is InChI=1S/C19H19ClN4O/c20-14-3-4-15-16(11-14)21-8-5-17(15)24-9-6-12(7-10-24)18-22-19(25-23-18)13-1-2-13/h3-5,8,11-13H,1-2,6-7,9-10H2. The molecule has 2 aromatic heterocycles. The van der Waals surface area contributed by atoms with E-state index in [4.69, 9.17) is 16.1 Å². The zero-order chi connectivity index (χ0) is 16.8. The van der Waals surface area contributed by atoms with Crippen molar-refractivity contribution in [2.24, 2.45) is 0 Å². The molecule has 5 rings (SSSR count). The van der Waals surface area contributed by atoms with Crippen LogP contribution in [0.5, 0.6) is 0 Å². The molecule has 0 atom stereocenters. The Morgan fingerprint density at radius 1 is 1.04 bits per heavy atom. The summed E-state index contributed by atoms with van der Waals surface area (Å²) in [5, 5.41) is 6.10. The molecule has 0 N–H and O–H groups in total. The van der Waals surface area contributed by atoms with Crippen LogP contribution in [0.1, 0.15) is 49.2 Å². The van der Waals surface area contributed by atoms with Crippen LogP contribution in [-0.2, 0) is 0 Å². The Labute approximate surface area is 151 Å². The monoisotopic (exact) mass is 354 g/mol. The van der Waals surface area contributed by atoms with Crippen LogP contribution in [0, 0.1) is 0 Å². The maximum atomic E-state index is 6.10. The van der Waals surface area contributed by atoms with Gasteiger partial charge in [-0.2, -0.15) is 4.98 Å². The molecule has 2 aliphatic rings. The molecule has 0 amide bonds. The molecule has 6 heteroatoms. The average Bonchev–Trinajstić information content (AvgIpc) is 3.38. The molecule has 128 valence electrons. The largest absolute Gasteiger partial charge is 0.371 e. The van der Waals surface area contributed by atoms with E-state index >= 15 is 0 Å². The second-order valence-corrected chi connectivity index (χ2v) is 7.45. The first-order chi connectivity index (χ1) is 12.3. The van der Waals surface area contributed by atoms with Gasteiger partial charge < -0.3 is 9.42 Å². The minimum absolute atomic E-state index is 0.398. The topological polar surface area (TPSA) is 55.1 Å². The molecule has 3 aromatic rings. The Hall–Kier alpha value is -2.14. The number of rotatable bonds is 3. The maximum Gasteiger partial charge on any atom is 0.229 e. The molecule has 1 saturated heterocycles. The molecule has 1 aromatic carbocycles. The van der Waals surface area contributed by atoms with Crippen LogP contribution in [0.2, 0.25) is 5.02 Å². The van der Waals surface area contributed by atoms with E-state index < -0.39 is 0 Å². The average molecular weight is 355 g/mol. The Morgan fingerprint density at radius 3 is 2.68 bits per heavy atom. The first kappa shape index (κ1) is 15.1. The second-order valence-electron chi connectivity index (χ2n) is 7.02. The molecular formula is C19H19ClN4O. The molecule has 0 radical (unpaired) electrons. The van der Waals surface area contributed by atoms with Crippen molar-refractivity contribution in [1.82, 2.24) is 15.1 Å². The van der Waals surface area contributed by atoms with Crippen LogP contribution < -0.4 is 4.90 Å². The number of hydrogen-bond donors (Lipinski definition) is 0. The minimum atomic E-state index is 0.398. The third-order valence-corrected chi connectivity index (χ3v) is 5.50. The van der Waals surface area contributed by atoms with E-state index in [1.54, 1.807) is 0 Å². The summed E-state index contributed by atoms with van der Waals surface area (Å²) in [5.74, 6) is 2.66. The van der Waals surface area contributed by atoms with Crippen LogP contribution in [0.4, 0.5) is 5.69 Å². The lowest BCUT2D eigenvalue weighted by Crippen LogP contribution is -2.33. The number of aromatic nitrogens is 3. The summed E-state index contributed by atoms with van der Waals surface area (Å²) in [4.78, 5) is 11.5. The van der Waals surface area contributed by atoms with E-state index in [0.29, 0.717) is 11.8 Å². The third kappa shape index (κ3) is 2.86. The quantitative estimate of drug-likeness (QED) is 0.691. The summed E-state index contributed by atoms with van der Waals surface area (Å²) < 4.78 is 5.43. The Bertz CT molecular complexity index is 913. The van der Waals surface area contributed by atoms with Crippen molar-refractivity contribution in [1.29, 1.82) is 0 Å². The summed E-state index contributed by atoms with van der Waals surface area (Å²) in [7, 11) is 0. The predicted octanol–water partition coefficient (Wildman–Crippen LogP) is 4.53. The zero-order valence-corrected chi connectivity index (χ0v) is 14.6.